The smallest absolute Gasteiger partial charge is 0.251 e. The van der Waals surface area contributed by atoms with Crippen molar-refractivity contribution in [2.75, 3.05) is 6.54 Å². The molecule has 0 fully saturated rings. The summed E-state index contributed by atoms with van der Waals surface area (Å²) in [6, 6.07) is 3.86. The van der Waals surface area contributed by atoms with Crippen LogP contribution in [0.15, 0.2) is 18.2 Å². The number of carbonyl (C=O) groups is 1. The van der Waals surface area contributed by atoms with Crippen LogP contribution in [0.2, 0.25) is 0 Å². The molecule has 0 saturated heterocycles. The number of carbonyl (C=O) groups excluding carboxylic acids is 1. The molecule has 3 N–H and O–H groups in total. The first-order chi connectivity index (χ1) is 8.06. The van der Waals surface area contributed by atoms with E-state index in [4.69, 9.17) is 0 Å². The van der Waals surface area contributed by atoms with Crippen LogP contribution < -0.4 is 5.32 Å². The molecule has 0 aliphatic heterocycles. The Morgan fingerprint density at radius 3 is 2.18 bits per heavy atom. The number of rotatable bonds is 5. The quantitative estimate of drug-likeness (QED) is 0.735. The van der Waals surface area contributed by atoms with Gasteiger partial charge in [-0.3, -0.25) is 4.79 Å². The van der Waals surface area contributed by atoms with Gasteiger partial charge in [0.25, 0.3) is 5.91 Å². The Balaban J connectivity index is 2.63. The molecule has 1 aromatic rings. The van der Waals surface area contributed by atoms with E-state index in [1.165, 1.54) is 18.2 Å². The summed E-state index contributed by atoms with van der Waals surface area (Å²) in [5, 5.41) is 21.3. The van der Waals surface area contributed by atoms with Crippen molar-refractivity contribution in [1.82, 2.24) is 5.32 Å². The van der Waals surface area contributed by atoms with Crippen LogP contribution in [-0.4, -0.2) is 22.7 Å². The van der Waals surface area contributed by atoms with E-state index in [1.54, 1.807) is 0 Å². The number of amides is 1. The number of phenols is 2. The van der Waals surface area contributed by atoms with Gasteiger partial charge < -0.3 is 15.5 Å². The second kappa shape index (κ2) is 6.13. The molecule has 94 valence electrons. The minimum absolute atomic E-state index is 0.113. The molecule has 0 atom stereocenters. The topological polar surface area (TPSA) is 69.6 Å². The van der Waals surface area contributed by atoms with Gasteiger partial charge in [0.2, 0.25) is 0 Å². The lowest BCUT2D eigenvalue weighted by molar-refractivity contribution is 0.0945. The van der Waals surface area contributed by atoms with Crippen molar-refractivity contribution in [2.24, 2.45) is 5.92 Å². The molecule has 0 aromatic heterocycles. The minimum atomic E-state index is -0.275. The first-order valence-corrected chi connectivity index (χ1v) is 5.88. The van der Waals surface area contributed by atoms with Crippen LogP contribution in [0.25, 0.3) is 0 Å². The maximum atomic E-state index is 11.8. The highest BCUT2D eigenvalue weighted by atomic mass is 16.3. The van der Waals surface area contributed by atoms with Crippen molar-refractivity contribution in [2.45, 2.75) is 26.7 Å². The predicted molar refractivity (Wildman–Crippen MR) is 66.2 cm³/mol. The van der Waals surface area contributed by atoms with Crippen molar-refractivity contribution in [3.8, 4) is 11.5 Å². The van der Waals surface area contributed by atoms with Gasteiger partial charge in [0.1, 0.15) is 11.5 Å². The van der Waals surface area contributed by atoms with E-state index in [0.717, 1.165) is 12.8 Å². The number of hydrogen-bond acceptors (Lipinski definition) is 3. The van der Waals surface area contributed by atoms with Gasteiger partial charge in [-0.2, -0.15) is 0 Å². The number of hydrogen-bond donors (Lipinski definition) is 3. The van der Waals surface area contributed by atoms with Gasteiger partial charge in [-0.25, -0.2) is 0 Å². The van der Waals surface area contributed by atoms with Gasteiger partial charge in [0, 0.05) is 18.2 Å². The van der Waals surface area contributed by atoms with E-state index in [1.807, 2.05) is 0 Å². The first kappa shape index (κ1) is 13.4. The highest BCUT2D eigenvalue weighted by molar-refractivity contribution is 5.95. The maximum Gasteiger partial charge on any atom is 0.251 e. The monoisotopic (exact) mass is 237 g/mol. The molecule has 0 bridgehead atoms. The lowest BCUT2D eigenvalue weighted by Crippen LogP contribution is -2.28. The molecule has 0 aliphatic carbocycles. The zero-order chi connectivity index (χ0) is 12.8. The van der Waals surface area contributed by atoms with Gasteiger partial charge in [0.05, 0.1) is 0 Å². The molecule has 1 aromatic carbocycles. The molecule has 4 heteroatoms. The zero-order valence-electron chi connectivity index (χ0n) is 10.2. The van der Waals surface area contributed by atoms with E-state index in [9.17, 15) is 15.0 Å². The summed E-state index contributed by atoms with van der Waals surface area (Å²) in [6.45, 7) is 4.78. The molecule has 1 rings (SSSR count). The Hall–Kier alpha value is -1.71. The molecule has 0 radical (unpaired) electrons. The average molecular weight is 237 g/mol. The summed E-state index contributed by atoms with van der Waals surface area (Å²) in [4.78, 5) is 11.8. The van der Waals surface area contributed by atoms with E-state index >= 15 is 0 Å². The highest BCUT2D eigenvalue weighted by Gasteiger charge is 2.10. The number of nitrogens with one attached hydrogen (secondary N) is 1. The Labute approximate surface area is 101 Å². The van der Waals surface area contributed by atoms with Crippen LogP contribution in [-0.2, 0) is 0 Å². The number of phenolic OH excluding ortho intramolecular Hbond substituents is 2. The Morgan fingerprint density at radius 2 is 1.71 bits per heavy atom. The van der Waals surface area contributed by atoms with Crippen LogP contribution in [0.1, 0.15) is 37.0 Å². The van der Waals surface area contributed by atoms with E-state index in [-0.39, 0.29) is 23.0 Å². The standard InChI is InChI=1S/C13H19NO3/c1-3-9(4-2)8-14-13(17)10-5-11(15)7-12(16)6-10/h5-7,9,15-16H,3-4,8H2,1-2H3,(H,14,17). The summed E-state index contributed by atoms with van der Waals surface area (Å²) in [5.41, 5.74) is 0.272. The number of aromatic hydroxyl groups is 2. The van der Waals surface area contributed by atoms with Crippen molar-refractivity contribution >= 4 is 5.91 Å². The molecule has 4 nitrogen and oxygen atoms in total. The van der Waals surface area contributed by atoms with Crippen LogP contribution in [0.3, 0.4) is 0 Å². The normalized spacial score (nSPS) is 10.5. The molecule has 17 heavy (non-hydrogen) atoms. The Kier molecular flexibility index (Phi) is 4.82. The summed E-state index contributed by atoms with van der Waals surface area (Å²) < 4.78 is 0. The molecule has 1 amide bonds. The second-order valence-electron chi connectivity index (χ2n) is 4.13. The first-order valence-electron chi connectivity index (χ1n) is 5.88. The molecule has 0 unspecified atom stereocenters. The lowest BCUT2D eigenvalue weighted by Gasteiger charge is -2.13. The average Bonchev–Trinajstić information content (AvgIpc) is 2.28. The molecule has 0 saturated carbocycles. The van der Waals surface area contributed by atoms with E-state index in [0.29, 0.717) is 12.5 Å². The minimum Gasteiger partial charge on any atom is -0.508 e. The summed E-state index contributed by atoms with van der Waals surface area (Å²) >= 11 is 0. The summed E-state index contributed by atoms with van der Waals surface area (Å²) in [7, 11) is 0. The van der Waals surface area contributed by atoms with E-state index in [2.05, 4.69) is 19.2 Å². The van der Waals surface area contributed by atoms with Crippen LogP contribution in [0.5, 0.6) is 11.5 Å². The zero-order valence-corrected chi connectivity index (χ0v) is 10.2. The fourth-order valence-electron chi connectivity index (χ4n) is 1.64. The van der Waals surface area contributed by atoms with Gasteiger partial charge in [-0.1, -0.05) is 26.7 Å². The fourth-order valence-corrected chi connectivity index (χ4v) is 1.64. The summed E-state index contributed by atoms with van der Waals surface area (Å²) in [6.07, 6.45) is 2.03. The van der Waals surface area contributed by atoms with Crippen LogP contribution in [0, 0.1) is 5.92 Å². The van der Waals surface area contributed by atoms with Gasteiger partial charge in [0.15, 0.2) is 0 Å². The van der Waals surface area contributed by atoms with Crippen molar-refractivity contribution in [3.05, 3.63) is 23.8 Å². The van der Waals surface area contributed by atoms with Crippen molar-refractivity contribution < 1.29 is 15.0 Å². The van der Waals surface area contributed by atoms with Gasteiger partial charge in [-0.15, -0.1) is 0 Å². The largest absolute Gasteiger partial charge is 0.508 e. The van der Waals surface area contributed by atoms with Gasteiger partial charge >= 0.3 is 0 Å². The number of benzene rings is 1. The fraction of sp³-hybridized carbons (Fsp3) is 0.462. The molecular formula is C13H19NO3. The Bertz CT molecular complexity index is 366. The SMILES string of the molecule is CCC(CC)CNC(=O)c1cc(O)cc(O)c1. The van der Waals surface area contributed by atoms with Crippen LogP contribution in [0.4, 0.5) is 0 Å². The molecule has 0 spiro atoms. The second-order valence-corrected chi connectivity index (χ2v) is 4.13. The maximum absolute atomic E-state index is 11.8. The lowest BCUT2D eigenvalue weighted by atomic mass is 10.0. The van der Waals surface area contributed by atoms with Crippen LogP contribution >= 0.6 is 0 Å². The molecular weight excluding hydrogens is 218 g/mol. The molecule has 0 heterocycles. The highest BCUT2D eigenvalue weighted by Crippen LogP contribution is 2.20. The third-order valence-corrected chi connectivity index (χ3v) is 2.87. The van der Waals surface area contributed by atoms with E-state index < -0.39 is 0 Å². The third kappa shape index (κ3) is 3.98. The molecule has 0 aliphatic rings. The Morgan fingerprint density at radius 1 is 1.18 bits per heavy atom. The van der Waals surface area contributed by atoms with Gasteiger partial charge in [-0.05, 0) is 18.1 Å². The van der Waals surface area contributed by atoms with Crippen molar-refractivity contribution in [3.63, 3.8) is 0 Å². The summed E-state index contributed by atoms with van der Waals surface area (Å²) in [5.74, 6) is -0.0386. The predicted octanol–water partition coefficient (Wildman–Crippen LogP) is 2.26. The van der Waals surface area contributed by atoms with Crippen molar-refractivity contribution in [1.29, 1.82) is 0 Å². The third-order valence-electron chi connectivity index (χ3n) is 2.87.